The summed E-state index contributed by atoms with van der Waals surface area (Å²) in [6.45, 7) is 0. The number of fused-ring (bicyclic) bond motifs is 5. The minimum atomic E-state index is -3.53. The van der Waals surface area contributed by atoms with Crippen molar-refractivity contribution < 1.29 is 13.2 Å². The fourth-order valence-electron chi connectivity index (χ4n) is 4.39. The standard InChI is InChI=1S/C22H18O3S/c23-26(24,16-11-5-2-6-12-16)22-19(15-9-3-1-4-10-15)20-17-13-7-8-14-18(17)21(22)25-20/h1-14,19-22H/t19-,20?,21?,22+/m0/s1. The van der Waals surface area contributed by atoms with Crippen LogP contribution in [0.5, 0.6) is 0 Å². The van der Waals surface area contributed by atoms with Gasteiger partial charge in [0.15, 0.2) is 9.84 Å². The van der Waals surface area contributed by atoms with E-state index in [9.17, 15) is 8.42 Å². The monoisotopic (exact) mass is 362 g/mol. The third-order valence-corrected chi connectivity index (χ3v) is 7.68. The third-order valence-electron chi connectivity index (χ3n) is 5.50. The van der Waals surface area contributed by atoms with Gasteiger partial charge in [0, 0.05) is 5.92 Å². The first-order chi connectivity index (χ1) is 12.7. The van der Waals surface area contributed by atoms with Crippen molar-refractivity contribution in [3.8, 4) is 0 Å². The van der Waals surface area contributed by atoms with Crippen molar-refractivity contribution in [2.75, 3.05) is 0 Å². The van der Waals surface area contributed by atoms with Crippen LogP contribution >= 0.6 is 0 Å². The van der Waals surface area contributed by atoms with Crippen LogP contribution in [0.25, 0.3) is 0 Å². The maximum absolute atomic E-state index is 13.5. The van der Waals surface area contributed by atoms with Gasteiger partial charge in [0.05, 0.1) is 11.0 Å². The minimum absolute atomic E-state index is 0.207. The van der Waals surface area contributed by atoms with Crippen LogP contribution < -0.4 is 0 Å². The van der Waals surface area contributed by atoms with Crippen LogP contribution in [0, 0.1) is 0 Å². The summed E-state index contributed by atoms with van der Waals surface area (Å²) in [7, 11) is -3.53. The van der Waals surface area contributed by atoms with Gasteiger partial charge in [0.25, 0.3) is 0 Å². The highest BCUT2D eigenvalue weighted by atomic mass is 32.2. The molecule has 5 rings (SSSR count). The highest BCUT2D eigenvalue weighted by Gasteiger charge is 2.57. The molecule has 0 radical (unpaired) electrons. The lowest BCUT2D eigenvalue weighted by molar-refractivity contribution is 0.0679. The summed E-state index contributed by atoms with van der Waals surface area (Å²) in [6, 6.07) is 26.6. The van der Waals surface area contributed by atoms with Gasteiger partial charge in [-0.1, -0.05) is 72.8 Å². The number of ether oxygens (including phenoxy) is 1. The summed E-state index contributed by atoms with van der Waals surface area (Å²) >= 11 is 0. The SMILES string of the molecule is O=S(=O)(c1ccccc1)[C@H]1C2OC(c3ccccc32)[C@@H]1c1ccccc1. The zero-order valence-electron chi connectivity index (χ0n) is 14.0. The molecule has 130 valence electrons. The van der Waals surface area contributed by atoms with Gasteiger partial charge in [0.2, 0.25) is 0 Å². The largest absolute Gasteiger partial charge is 0.363 e. The van der Waals surface area contributed by atoms with E-state index in [1.165, 1.54) is 0 Å². The van der Waals surface area contributed by atoms with Crippen molar-refractivity contribution in [1.82, 2.24) is 0 Å². The molecule has 4 atom stereocenters. The summed E-state index contributed by atoms with van der Waals surface area (Å²) in [5.41, 5.74) is 3.14. The fourth-order valence-corrected chi connectivity index (χ4v) is 6.46. The van der Waals surface area contributed by atoms with Crippen LogP contribution in [0.4, 0.5) is 0 Å². The fraction of sp³-hybridized carbons (Fsp3) is 0.182. The first kappa shape index (κ1) is 15.8. The van der Waals surface area contributed by atoms with Gasteiger partial charge in [-0.15, -0.1) is 0 Å². The summed E-state index contributed by atoms with van der Waals surface area (Å²) in [5.74, 6) is -0.207. The molecule has 0 aromatic heterocycles. The normalized spacial score (nSPS) is 26.6. The Labute approximate surface area is 153 Å². The topological polar surface area (TPSA) is 43.4 Å². The molecule has 2 unspecified atom stereocenters. The Morgan fingerprint density at radius 1 is 0.654 bits per heavy atom. The van der Waals surface area contributed by atoms with Crippen LogP contribution in [-0.4, -0.2) is 13.7 Å². The summed E-state index contributed by atoms with van der Waals surface area (Å²) < 4.78 is 33.3. The van der Waals surface area contributed by atoms with Gasteiger partial charge in [-0.3, -0.25) is 0 Å². The third kappa shape index (κ3) is 2.19. The van der Waals surface area contributed by atoms with Gasteiger partial charge in [-0.05, 0) is 28.8 Å². The van der Waals surface area contributed by atoms with Gasteiger partial charge in [0.1, 0.15) is 11.4 Å². The molecule has 0 spiro atoms. The predicted octanol–water partition coefficient (Wildman–Crippen LogP) is 4.44. The van der Waals surface area contributed by atoms with Crippen LogP contribution in [0.3, 0.4) is 0 Å². The molecule has 26 heavy (non-hydrogen) atoms. The lowest BCUT2D eigenvalue weighted by atomic mass is 9.80. The van der Waals surface area contributed by atoms with E-state index in [1.807, 2.05) is 54.6 Å². The Kier molecular flexibility index (Phi) is 3.52. The first-order valence-electron chi connectivity index (χ1n) is 8.76. The number of hydrogen-bond acceptors (Lipinski definition) is 3. The van der Waals surface area contributed by atoms with Crippen LogP contribution in [0.2, 0.25) is 0 Å². The molecule has 0 saturated carbocycles. The van der Waals surface area contributed by atoms with Gasteiger partial charge < -0.3 is 4.74 Å². The van der Waals surface area contributed by atoms with Crippen LogP contribution in [0.1, 0.15) is 34.8 Å². The van der Waals surface area contributed by atoms with E-state index in [2.05, 4.69) is 6.07 Å². The van der Waals surface area contributed by atoms with Crippen molar-refractivity contribution in [3.63, 3.8) is 0 Å². The lowest BCUT2D eigenvalue weighted by Gasteiger charge is -2.29. The molecule has 2 aliphatic heterocycles. The molecular weight excluding hydrogens is 344 g/mol. The molecule has 2 aliphatic rings. The van der Waals surface area contributed by atoms with E-state index < -0.39 is 21.2 Å². The second-order valence-corrected chi connectivity index (χ2v) is 8.97. The molecule has 2 bridgehead atoms. The van der Waals surface area contributed by atoms with Gasteiger partial charge in [-0.2, -0.15) is 0 Å². The second-order valence-electron chi connectivity index (χ2n) is 6.87. The molecule has 0 aliphatic carbocycles. The van der Waals surface area contributed by atoms with Crippen molar-refractivity contribution in [1.29, 1.82) is 0 Å². The molecule has 2 heterocycles. The Balaban J connectivity index is 1.70. The molecular formula is C22H18O3S. The Morgan fingerprint density at radius 3 is 1.85 bits per heavy atom. The van der Waals surface area contributed by atoms with Gasteiger partial charge >= 0.3 is 0 Å². The van der Waals surface area contributed by atoms with Crippen LogP contribution in [0.15, 0.2) is 89.8 Å². The average Bonchev–Trinajstić information content (AvgIpc) is 3.27. The molecule has 3 aromatic rings. The van der Waals surface area contributed by atoms with E-state index in [4.69, 9.17) is 4.74 Å². The van der Waals surface area contributed by atoms with E-state index in [0.29, 0.717) is 4.90 Å². The lowest BCUT2D eigenvalue weighted by Crippen LogP contribution is -2.33. The Bertz CT molecular complexity index is 1050. The van der Waals surface area contributed by atoms with E-state index in [1.54, 1.807) is 24.3 Å². The highest BCUT2D eigenvalue weighted by molar-refractivity contribution is 7.92. The maximum Gasteiger partial charge on any atom is 0.184 e. The molecule has 1 fully saturated rings. The molecule has 0 N–H and O–H groups in total. The Hall–Kier alpha value is -2.43. The average molecular weight is 362 g/mol. The van der Waals surface area contributed by atoms with Crippen molar-refractivity contribution >= 4 is 9.84 Å². The molecule has 4 heteroatoms. The molecule has 3 nitrogen and oxygen atoms in total. The van der Waals surface area contributed by atoms with Crippen molar-refractivity contribution in [3.05, 3.63) is 102 Å². The van der Waals surface area contributed by atoms with Crippen molar-refractivity contribution in [2.45, 2.75) is 28.3 Å². The summed E-state index contributed by atoms with van der Waals surface area (Å²) in [6.07, 6.45) is -0.645. The second kappa shape index (κ2) is 5.79. The molecule has 0 amide bonds. The van der Waals surface area contributed by atoms with Crippen molar-refractivity contribution in [2.24, 2.45) is 0 Å². The van der Waals surface area contributed by atoms with Crippen LogP contribution in [-0.2, 0) is 14.6 Å². The first-order valence-corrected chi connectivity index (χ1v) is 10.3. The number of benzene rings is 3. The number of hydrogen-bond donors (Lipinski definition) is 0. The predicted molar refractivity (Wildman–Crippen MR) is 99.6 cm³/mol. The minimum Gasteiger partial charge on any atom is -0.363 e. The van der Waals surface area contributed by atoms with E-state index in [0.717, 1.165) is 16.7 Å². The van der Waals surface area contributed by atoms with Gasteiger partial charge in [-0.25, -0.2) is 8.42 Å². The molecule has 1 saturated heterocycles. The maximum atomic E-state index is 13.5. The zero-order chi connectivity index (χ0) is 17.7. The van der Waals surface area contributed by atoms with E-state index >= 15 is 0 Å². The zero-order valence-corrected chi connectivity index (χ0v) is 14.8. The smallest absolute Gasteiger partial charge is 0.184 e. The Morgan fingerprint density at radius 2 is 1.19 bits per heavy atom. The quantitative estimate of drug-likeness (QED) is 0.692. The number of rotatable bonds is 3. The van der Waals surface area contributed by atoms with E-state index in [-0.39, 0.29) is 12.0 Å². The highest BCUT2D eigenvalue weighted by Crippen LogP contribution is 2.60. The number of sulfone groups is 1. The summed E-state index contributed by atoms with van der Waals surface area (Å²) in [4.78, 5) is 0.361. The molecule has 3 aromatic carbocycles. The summed E-state index contributed by atoms with van der Waals surface area (Å²) in [5, 5.41) is -0.618.